The van der Waals surface area contributed by atoms with E-state index in [0.29, 0.717) is 5.41 Å². The van der Waals surface area contributed by atoms with Crippen LogP contribution in [0.3, 0.4) is 0 Å². The van der Waals surface area contributed by atoms with E-state index in [1.807, 2.05) is 24.3 Å². The lowest BCUT2D eigenvalue weighted by Crippen LogP contribution is -2.36. The van der Waals surface area contributed by atoms with Gasteiger partial charge in [-0.2, -0.15) is 0 Å². The molecule has 0 atom stereocenters. The number of rotatable bonds is 4. The maximum absolute atomic E-state index is 5.52. The Morgan fingerprint density at radius 2 is 2.07 bits per heavy atom. The summed E-state index contributed by atoms with van der Waals surface area (Å²) >= 11 is 0. The Bertz CT molecular complexity index is 985. The highest BCUT2D eigenvalue weighted by atomic mass is 15.1. The van der Waals surface area contributed by atoms with Crippen LogP contribution in [-0.2, 0) is 6.54 Å². The van der Waals surface area contributed by atoms with Gasteiger partial charge in [-0.15, -0.1) is 6.42 Å². The molecule has 27 heavy (non-hydrogen) atoms. The average molecular weight is 359 g/mol. The third-order valence-electron chi connectivity index (χ3n) is 5.45. The summed E-state index contributed by atoms with van der Waals surface area (Å²) in [6.45, 7) is 7.87. The molecule has 1 fully saturated rings. The molecule has 0 aliphatic carbocycles. The smallest absolute Gasteiger partial charge is 0.143 e. The average Bonchev–Trinajstić information content (AvgIpc) is 3.08. The third-order valence-corrected chi connectivity index (χ3v) is 5.45. The van der Waals surface area contributed by atoms with Crippen molar-refractivity contribution in [3.05, 3.63) is 47.9 Å². The molecule has 1 aliphatic rings. The lowest BCUT2D eigenvalue weighted by Gasteiger charge is -2.36. The number of hydrogen-bond acceptors (Lipinski definition) is 4. The van der Waals surface area contributed by atoms with Gasteiger partial charge in [-0.1, -0.05) is 25.8 Å². The molecule has 5 nitrogen and oxygen atoms in total. The lowest BCUT2D eigenvalue weighted by atomic mass is 9.82. The normalized spacial score (nSPS) is 16.9. The van der Waals surface area contributed by atoms with E-state index in [9.17, 15) is 0 Å². The van der Waals surface area contributed by atoms with Gasteiger partial charge < -0.3 is 10.3 Å². The number of benzene rings is 1. The van der Waals surface area contributed by atoms with E-state index < -0.39 is 0 Å². The molecule has 0 amide bonds. The summed E-state index contributed by atoms with van der Waals surface area (Å²) in [5.74, 6) is 3.48. The molecule has 0 bridgehead atoms. The Labute approximate surface area is 160 Å². The minimum absolute atomic E-state index is 0.453. The Morgan fingerprint density at radius 3 is 2.85 bits per heavy atom. The van der Waals surface area contributed by atoms with Crippen molar-refractivity contribution in [3.8, 4) is 12.3 Å². The van der Waals surface area contributed by atoms with Crippen LogP contribution >= 0.6 is 0 Å². The lowest BCUT2D eigenvalue weighted by molar-refractivity contribution is 0.127. The molecule has 4 rings (SSSR count). The number of nitrogens with one attached hydrogen (secondary N) is 2. The molecule has 2 aromatic heterocycles. The van der Waals surface area contributed by atoms with E-state index in [2.05, 4.69) is 51.1 Å². The van der Waals surface area contributed by atoms with Gasteiger partial charge in [0, 0.05) is 24.0 Å². The number of nitrogens with zero attached hydrogens (tertiary/aromatic N) is 3. The first kappa shape index (κ1) is 17.6. The third kappa shape index (κ3) is 3.81. The maximum Gasteiger partial charge on any atom is 0.143 e. The van der Waals surface area contributed by atoms with E-state index in [1.165, 1.54) is 18.4 Å². The van der Waals surface area contributed by atoms with Crippen molar-refractivity contribution in [2.45, 2.75) is 33.2 Å². The van der Waals surface area contributed by atoms with Crippen LogP contribution in [-0.4, -0.2) is 32.9 Å². The van der Waals surface area contributed by atoms with E-state index in [-0.39, 0.29) is 0 Å². The zero-order valence-corrected chi connectivity index (χ0v) is 15.9. The molecule has 138 valence electrons. The second-order valence-electron chi connectivity index (χ2n) is 8.05. The van der Waals surface area contributed by atoms with Crippen LogP contribution in [0.1, 0.15) is 37.8 Å². The Balaban J connectivity index is 1.61. The van der Waals surface area contributed by atoms with E-state index in [1.54, 1.807) is 6.33 Å². The van der Waals surface area contributed by atoms with Gasteiger partial charge in [0.1, 0.15) is 17.8 Å². The van der Waals surface area contributed by atoms with Crippen molar-refractivity contribution in [1.29, 1.82) is 0 Å². The summed E-state index contributed by atoms with van der Waals surface area (Å²) in [7, 11) is 0. The highest BCUT2D eigenvalue weighted by Crippen LogP contribution is 2.32. The number of terminal acetylenes is 1. The molecular weight excluding hydrogens is 334 g/mol. The monoisotopic (exact) mass is 359 g/mol. The number of likely N-dealkylation sites (tertiary alicyclic amines) is 1. The van der Waals surface area contributed by atoms with Crippen molar-refractivity contribution in [1.82, 2.24) is 19.9 Å². The molecule has 2 N–H and O–H groups in total. The quantitative estimate of drug-likeness (QED) is 0.682. The predicted octanol–water partition coefficient (Wildman–Crippen LogP) is 4.30. The number of fused-ring (bicyclic) bond motifs is 1. The number of H-pyrrole nitrogens is 1. The van der Waals surface area contributed by atoms with Crippen molar-refractivity contribution in [2.75, 3.05) is 18.4 Å². The fraction of sp³-hybridized carbons (Fsp3) is 0.364. The number of aromatic amines is 1. The molecule has 5 heteroatoms. The van der Waals surface area contributed by atoms with Gasteiger partial charge in [0.15, 0.2) is 0 Å². The Hall–Kier alpha value is -2.84. The van der Waals surface area contributed by atoms with Crippen LogP contribution < -0.4 is 5.32 Å². The fourth-order valence-corrected chi connectivity index (χ4v) is 3.63. The fourth-order valence-electron chi connectivity index (χ4n) is 3.63. The van der Waals surface area contributed by atoms with E-state index in [4.69, 9.17) is 6.42 Å². The zero-order valence-electron chi connectivity index (χ0n) is 15.9. The number of aromatic nitrogens is 3. The first-order valence-electron chi connectivity index (χ1n) is 9.41. The maximum atomic E-state index is 5.52. The van der Waals surface area contributed by atoms with Crippen LogP contribution in [0.15, 0.2) is 36.8 Å². The summed E-state index contributed by atoms with van der Waals surface area (Å²) in [5, 5.41) is 4.46. The first-order chi connectivity index (χ1) is 13.0. The number of hydrogen-bond donors (Lipinski definition) is 2. The van der Waals surface area contributed by atoms with Crippen molar-refractivity contribution in [3.63, 3.8) is 0 Å². The van der Waals surface area contributed by atoms with Crippen LogP contribution in [0.2, 0.25) is 0 Å². The summed E-state index contributed by atoms with van der Waals surface area (Å²) in [6.07, 6.45) is 11.6. The molecule has 3 heterocycles. The standard InChI is InChI=1S/C22H25N5/c1-4-16-6-5-7-18(12-16)26-21-19-17(13-23-20(19)24-15-25-21)14-27-10-8-22(2,3)9-11-27/h1,5-7,12-13,15H,8-11,14H2,2-3H3,(H2,23,24,25,26). The van der Waals surface area contributed by atoms with Crippen LogP contribution in [0.5, 0.6) is 0 Å². The highest BCUT2D eigenvalue weighted by Gasteiger charge is 2.26. The summed E-state index contributed by atoms with van der Waals surface area (Å²) < 4.78 is 0. The molecule has 0 spiro atoms. The number of piperidine rings is 1. The molecule has 1 aromatic carbocycles. The van der Waals surface area contributed by atoms with Crippen LogP contribution in [0.25, 0.3) is 11.0 Å². The van der Waals surface area contributed by atoms with Gasteiger partial charge in [0.05, 0.1) is 5.39 Å². The molecule has 0 unspecified atom stereocenters. The first-order valence-corrected chi connectivity index (χ1v) is 9.41. The summed E-state index contributed by atoms with van der Waals surface area (Å²) in [6, 6.07) is 7.81. The van der Waals surface area contributed by atoms with Gasteiger partial charge in [-0.25, -0.2) is 9.97 Å². The molecule has 0 saturated carbocycles. The van der Waals surface area contributed by atoms with Gasteiger partial charge in [-0.3, -0.25) is 4.90 Å². The molecule has 3 aromatic rings. The van der Waals surface area contributed by atoms with Crippen molar-refractivity contribution in [2.24, 2.45) is 5.41 Å². The molecule has 1 saturated heterocycles. The zero-order chi connectivity index (χ0) is 18.9. The topological polar surface area (TPSA) is 56.8 Å². The number of anilines is 2. The minimum atomic E-state index is 0.453. The Kier molecular flexibility index (Phi) is 4.59. The van der Waals surface area contributed by atoms with Gasteiger partial charge in [0.2, 0.25) is 0 Å². The minimum Gasteiger partial charge on any atom is -0.346 e. The SMILES string of the molecule is C#Cc1cccc(Nc2ncnc3[nH]cc(CN4CCC(C)(C)CC4)c23)c1. The molecule has 1 aliphatic heterocycles. The van der Waals surface area contributed by atoms with Gasteiger partial charge in [0.25, 0.3) is 0 Å². The predicted molar refractivity (Wildman–Crippen MR) is 110 cm³/mol. The molecule has 0 radical (unpaired) electrons. The largest absolute Gasteiger partial charge is 0.346 e. The summed E-state index contributed by atoms with van der Waals surface area (Å²) in [5.41, 5.74) is 4.30. The molecular formula is C22H25N5. The Morgan fingerprint density at radius 1 is 1.26 bits per heavy atom. The van der Waals surface area contributed by atoms with Crippen LogP contribution in [0, 0.1) is 17.8 Å². The van der Waals surface area contributed by atoms with Crippen molar-refractivity contribution < 1.29 is 0 Å². The van der Waals surface area contributed by atoms with Crippen molar-refractivity contribution >= 4 is 22.5 Å². The van der Waals surface area contributed by atoms with E-state index >= 15 is 0 Å². The van der Waals surface area contributed by atoms with Crippen LogP contribution in [0.4, 0.5) is 11.5 Å². The summed E-state index contributed by atoms with van der Waals surface area (Å²) in [4.78, 5) is 14.7. The second kappa shape index (κ2) is 7.05. The van der Waals surface area contributed by atoms with Gasteiger partial charge >= 0.3 is 0 Å². The van der Waals surface area contributed by atoms with E-state index in [0.717, 1.165) is 47.7 Å². The highest BCUT2D eigenvalue weighted by molar-refractivity contribution is 5.92. The van der Waals surface area contributed by atoms with Gasteiger partial charge in [-0.05, 0) is 55.1 Å². The second-order valence-corrected chi connectivity index (χ2v) is 8.05.